The molecule has 1 heteroatoms. The highest BCUT2D eigenvalue weighted by atomic mass is 14.9. The fourth-order valence-electron chi connectivity index (χ4n) is 2.27. The lowest BCUT2D eigenvalue weighted by atomic mass is 9.75. The monoisotopic (exact) mass is 265 g/mol. The molecule has 0 amide bonds. The van der Waals surface area contributed by atoms with Crippen LogP contribution < -0.4 is 5.32 Å². The van der Waals surface area contributed by atoms with Gasteiger partial charge in [0.15, 0.2) is 0 Å². The summed E-state index contributed by atoms with van der Waals surface area (Å²) >= 11 is 0. The maximum Gasteiger partial charge on any atom is 0.0601 e. The molecule has 1 unspecified atom stereocenters. The Balaban J connectivity index is 2.37. The SMILES string of the molecule is C=C(C)C(C)(C)C(Nc1ccccc1)c1ccccc1. The first-order valence-electron chi connectivity index (χ1n) is 7.04. The van der Waals surface area contributed by atoms with Gasteiger partial charge in [0.05, 0.1) is 6.04 Å². The molecule has 104 valence electrons. The highest BCUT2D eigenvalue weighted by Crippen LogP contribution is 2.41. The molecule has 0 radical (unpaired) electrons. The predicted molar refractivity (Wildman–Crippen MR) is 87.8 cm³/mol. The summed E-state index contributed by atoms with van der Waals surface area (Å²) in [6, 6.07) is 21.1. The predicted octanol–water partition coefficient (Wildman–Crippen LogP) is 5.44. The molecule has 1 nitrogen and oxygen atoms in total. The van der Waals surface area contributed by atoms with Gasteiger partial charge in [-0.25, -0.2) is 0 Å². The van der Waals surface area contributed by atoms with E-state index in [1.165, 1.54) is 11.1 Å². The highest BCUT2D eigenvalue weighted by Gasteiger charge is 2.31. The Bertz CT molecular complexity index is 555. The molecule has 0 aliphatic carbocycles. The van der Waals surface area contributed by atoms with Crippen molar-refractivity contribution < 1.29 is 0 Å². The lowest BCUT2D eigenvalue weighted by molar-refractivity contribution is 0.378. The molecule has 0 saturated heterocycles. The zero-order valence-corrected chi connectivity index (χ0v) is 12.6. The van der Waals surface area contributed by atoms with Crippen molar-refractivity contribution in [1.82, 2.24) is 0 Å². The fourth-order valence-corrected chi connectivity index (χ4v) is 2.27. The van der Waals surface area contributed by atoms with Crippen molar-refractivity contribution in [1.29, 1.82) is 0 Å². The molecular formula is C19H23N. The molecule has 2 aromatic rings. The van der Waals surface area contributed by atoms with E-state index < -0.39 is 0 Å². The van der Waals surface area contributed by atoms with Gasteiger partial charge in [-0.1, -0.05) is 74.5 Å². The lowest BCUT2D eigenvalue weighted by Crippen LogP contribution is -2.29. The summed E-state index contributed by atoms with van der Waals surface area (Å²) in [6.07, 6.45) is 0. The van der Waals surface area contributed by atoms with E-state index >= 15 is 0 Å². The molecule has 2 rings (SSSR count). The first-order chi connectivity index (χ1) is 9.51. The standard InChI is InChI=1S/C19H23N/c1-15(2)19(3,4)18(16-11-7-5-8-12-16)20-17-13-9-6-10-14-17/h5-14,18,20H,1H2,2-4H3. The first-order valence-corrected chi connectivity index (χ1v) is 7.04. The number of para-hydroxylation sites is 1. The smallest absolute Gasteiger partial charge is 0.0601 e. The third-order valence-electron chi connectivity index (χ3n) is 4.04. The van der Waals surface area contributed by atoms with Crippen molar-refractivity contribution in [2.45, 2.75) is 26.8 Å². The Kier molecular flexibility index (Phi) is 4.29. The fraction of sp³-hybridized carbons (Fsp3) is 0.263. The summed E-state index contributed by atoms with van der Waals surface area (Å²) in [5.74, 6) is 0. The molecule has 0 saturated carbocycles. The molecule has 0 aliphatic rings. The zero-order chi connectivity index (χ0) is 14.6. The Labute approximate surface area is 122 Å². The third kappa shape index (κ3) is 3.11. The number of nitrogens with one attached hydrogen (secondary N) is 1. The minimum Gasteiger partial charge on any atom is -0.377 e. The van der Waals surface area contributed by atoms with Crippen LogP contribution in [0, 0.1) is 5.41 Å². The van der Waals surface area contributed by atoms with Crippen LogP contribution in [0.4, 0.5) is 5.69 Å². The van der Waals surface area contributed by atoms with Crippen LogP contribution in [-0.4, -0.2) is 0 Å². The number of hydrogen-bond donors (Lipinski definition) is 1. The van der Waals surface area contributed by atoms with Crippen molar-refractivity contribution >= 4 is 5.69 Å². The van der Waals surface area contributed by atoms with E-state index in [9.17, 15) is 0 Å². The van der Waals surface area contributed by atoms with Crippen molar-refractivity contribution in [2.75, 3.05) is 5.32 Å². The van der Waals surface area contributed by atoms with E-state index in [-0.39, 0.29) is 11.5 Å². The van der Waals surface area contributed by atoms with Crippen LogP contribution in [0.2, 0.25) is 0 Å². The molecule has 0 fully saturated rings. The van der Waals surface area contributed by atoms with Gasteiger partial charge in [-0.2, -0.15) is 0 Å². The third-order valence-corrected chi connectivity index (χ3v) is 4.04. The van der Waals surface area contributed by atoms with Gasteiger partial charge >= 0.3 is 0 Å². The summed E-state index contributed by atoms with van der Waals surface area (Å²) in [5.41, 5.74) is 3.56. The summed E-state index contributed by atoms with van der Waals surface area (Å²) in [4.78, 5) is 0. The van der Waals surface area contributed by atoms with Crippen LogP contribution in [-0.2, 0) is 0 Å². The van der Waals surface area contributed by atoms with E-state index in [2.05, 4.69) is 87.3 Å². The van der Waals surface area contributed by atoms with Crippen LogP contribution in [0.25, 0.3) is 0 Å². The molecule has 1 N–H and O–H groups in total. The number of anilines is 1. The van der Waals surface area contributed by atoms with Gasteiger partial charge in [-0.3, -0.25) is 0 Å². The molecule has 2 aromatic carbocycles. The van der Waals surface area contributed by atoms with Crippen molar-refractivity contribution in [2.24, 2.45) is 5.41 Å². The lowest BCUT2D eigenvalue weighted by Gasteiger charge is -2.36. The number of hydrogen-bond acceptors (Lipinski definition) is 1. The normalized spacial score (nSPS) is 12.8. The first kappa shape index (κ1) is 14.4. The average Bonchev–Trinajstić information content (AvgIpc) is 2.46. The Morgan fingerprint density at radius 2 is 1.45 bits per heavy atom. The zero-order valence-electron chi connectivity index (χ0n) is 12.6. The second kappa shape index (κ2) is 5.96. The molecule has 0 heterocycles. The molecule has 1 atom stereocenters. The van der Waals surface area contributed by atoms with E-state index in [0.717, 1.165) is 5.69 Å². The van der Waals surface area contributed by atoms with Crippen LogP contribution >= 0.6 is 0 Å². The van der Waals surface area contributed by atoms with Crippen LogP contribution in [0.1, 0.15) is 32.4 Å². The van der Waals surface area contributed by atoms with E-state index in [0.29, 0.717) is 0 Å². The Morgan fingerprint density at radius 1 is 0.950 bits per heavy atom. The maximum absolute atomic E-state index is 4.17. The second-order valence-corrected chi connectivity index (χ2v) is 5.86. The Hall–Kier alpha value is -2.02. The van der Waals surface area contributed by atoms with Gasteiger partial charge in [0.25, 0.3) is 0 Å². The minimum atomic E-state index is -0.0306. The largest absolute Gasteiger partial charge is 0.377 e. The maximum atomic E-state index is 4.17. The van der Waals surface area contributed by atoms with Crippen LogP contribution in [0.5, 0.6) is 0 Å². The molecular weight excluding hydrogens is 242 g/mol. The van der Waals surface area contributed by atoms with Gasteiger partial charge in [-0.05, 0) is 24.6 Å². The number of rotatable bonds is 5. The molecule has 20 heavy (non-hydrogen) atoms. The average molecular weight is 265 g/mol. The van der Waals surface area contributed by atoms with Gasteiger partial charge in [-0.15, -0.1) is 0 Å². The molecule has 0 aromatic heterocycles. The molecule has 0 spiro atoms. The van der Waals surface area contributed by atoms with Gasteiger partial charge in [0.1, 0.15) is 0 Å². The molecule has 0 bridgehead atoms. The second-order valence-electron chi connectivity index (χ2n) is 5.86. The summed E-state index contributed by atoms with van der Waals surface area (Å²) < 4.78 is 0. The van der Waals surface area contributed by atoms with Crippen molar-refractivity contribution in [3.8, 4) is 0 Å². The topological polar surface area (TPSA) is 12.0 Å². The summed E-state index contributed by atoms with van der Waals surface area (Å²) in [6.45, 7) is 10.8. The van der Waals surface area contributed by atoms with Crippen molar-refractivity contribution in [3.63, 3.8) is 0 Å². The summed E-state index contributed by atoms with van der Waals surface area (Å²) in [5, 5.41) is 3.66. The Morgan fingerprint density at radius 3 is 1.95 bits per heavy atom. The van der Waals surface area contributed by atoms with Crippen molar-refractivity contribution in [3.05, 3.63) is 78.4 Å². The van der Waals surface area contributed by atoms with E-state index in [1.807, 2.05) is 6.07 Å². The van der Waals surface area contributed by atoms with Gasteiger partial charge in [0, 0.05) is 11.1 Å². The van der Waals surface area contributed by atoms with Crippen LogP contribution in [0.15, 0.2) is 72.8 Å². The summed E-state index contributed by atoms with van der Waals surface area (Å²) in [7, 11) is 0. The van der Waals surface area contributed by atoms with Gasteiger partial charge in [0.2, 0.25) is 0 Å². The minimum absolute atomic E-state index is 0.0306. The van der Waals surface area contributed by atoms with Crippen LogP contribution in [0.3, 0.4) is 0 Å². The van der Waals surface area contributed by atoms with Gasteiger partial charge < -0.3 is 5.32 Å². The quantitative estimate of drug-likeness (QED) is 0.710. The number of benzene rings is 2. The highest BCUT2D eigenvalue weighted by molar-refractivity contribution is 5.46. The molecule has 0 aliphatic heterocycles. The van der Waals surface area contributed by atoms with E-state index in [1.54, 1.807) is 0 Å². The van der Waals surface area contributed by atoms with E-state index in [4.69, 9.17) is 0 Å².